The monoisotopic (exact) mass is 430 g/mol. The normalized spacial score (nSPS) is 52.0. The summed E-state index contributed by atoms with van der Waals surface area (Å²) in [5.74, 6) is 4.20. The van der Waals surface area contributed by atoms with Crippen molar-refractivity contribution in [3.63, 3.8) is 0 Å². The van der Waals surface area contributed by atoms with Crippen molar-refractivity contribution in [2.24, 2.45) is 63.6 Å². The van der Waals surface area contributed by atoms with Gasteiger partial charge in [-0.1, -0.05) is 41.5 Å². The van der Waals surface area contributed by atoms with Gasteiger partial charge in [0.25, 0.3) is 0 Å². The van der Waals surface area contributed by atoms with Gasteiger partial charge in [0.1, 0.15) is 5.78 Å². The lowest BCUT2D eigenvalue weighted by molar-refractivity contribution is -0.153. The first kappa shape index (κ1) is 22.4. The molecule has 5 rings (SSSR count). The van der Waals surface area contributed by atoms with E-state index in [9.17, 15) is 15.0 Å². The summed E-state index contributed by atoms with van der Waals surface area (Å²) in [6.45, 7) is 13.4. The van der Waals surface area contributed by atoms with Crippen LogP contribution in [0.5, 0.6) is 0 Å². The number of Topliss-reactive ketones (excluding diaryl/α,β-unsaturated/α-hetero) is 1. The zero-order valence-corrected chi connectivity index (χ0v) is 20.7. The van der Waals surface area contributed by atoms with E-state index < -0.39 is 12.2 Å². The highest BCUT2D eigenvalue weighted by Crippen LogP contribution is 2.80. The lowest BCUT2D eigenvalue weighted by atomic mass is 9.45. The number of hydrogen-bond donors (Lipinski definition) is 2. The van der Waals surface area contributed by atoms with Crippen molar-refractivity contribution >= 4 is 5.78 Å². The van der Waals surface area contributed by atoms with Gasteiger partial charge in [0.15, 0.2) is 0 Å². The molecular formula is C28H46O3. The largest absolute Gasteiger partial charge is 0.390 e. The Hall–Kier alpha value is -0.410. The molecule has 0 unspecified atom stereocenters. The average Bonchev–Trinajstić information content (AvgIpc) is 3.26. The molecule has 5 fully saturated rings. The van der Waals surface area contributed by atoms with Crippen LogP contribution in [-0.4, -0.2) is 28.2 Å². The SMILES string of the molecule is CC(C)[C@H](C)[C@H](O)[C@@H](O)[C@@H](C)[C@H]1CC[C@H]2[C@@H]3CC(=O)[C@]45C[C@@H]4CC[C@]5(C)[C@H]3CC[C@]12C. The molecule has 0 aromatic rings. The molecular weight excluding hydrogens is 384 g/mol. The molecule has 2 N–H and O–H groups in total. The van der Waals surface area contributed by atoms with Crippen molar-refractivity contribution in [2.75, 3.05) is 0 Å². The second-order valence-corrected chi connectivity index (χ2v) is 13.5. The van der Waals surface area contributed by atoms with Crippen molar-refractivity contribution in [3.05, 3.63) is 0 Å². The summed E-state index contributed by atoms with van der Waals surface area (Å²) in [6.07, 6.45) is 8.09. The highest BCUT2D eigenvalue weighted by molar-refractivity contribution is 5.91. The summed E-state index contributed by atoms with van der Waals surface area (Å²) in [7, 11) is 0. The minimum atomic E-state index is -0.661. The lowest BCUT2D eigenvalue weighted by Gasteiger charge is -2.58. The Kier molecular flexibility index (Phi) is 5.09. The molecule has 3 heteroatoms. The fraction of sp³-hybridized carbons (Fsp3) is 0.964. The standard InChI is InChI=1S/C28H46O3/c1-15(2)16(3)24(30)25(31)17(4)20-7-8-21-19-13-23(29)28-14-18(28)9-12-27(28,6)22(19)10-11-26(20,21)5/h15-22,24-25,30-31H,7-14H2,1-6H3/t16-,17-,18-,19-,20+,21-,22-,24-,25-,26+,27+,28-/m0/s1. The van der Waals surface area contributed by atoms with E-state index in [1.807, 2.05) is 0 Å². The predicted octanol–water partition coefficient (Wildman–Crippen LogP) is 5.47. The summed E-state index contributed by atoms with van der Waals surface area (Å²) < 4.78 is 0. The van der Waals surface area contributed by atoms with Crippen molar-refractivity contribution in [1.82, 2.24) is 0 Å². The molecule has 5 aliphatic carbocycles. The van der Waals surface area contributed by atoms with E-state index in [1.54, 1.807) is 0 Å². The van der Waals surface area contributed by atoms with Gasteiger partial charge < -0.3 is 10.2 Å². The number of carbonyl (C=O) groups is 1. The van der Waals surface area contributed by atoms with Crippen LogP contribution in [0.2, 0.25) is 0 Å². The van der Waals surface area contributed by atoms with Crippen LogP contribution in [0.4, 0.5) is 0 Å². The fourth-order valence-corrected chi connectivity index (χ4v) is 10.2. The van der Waals surface area contributed by atoms with Crippen LogP contribution in [0, 0.1) is 63.6 Å². The van der Waals surface area contributed by atoms with Crippen molar-refractivity contribution in [2.45, 2.75) is 105 Å². The van der Waals surface area contributed by atoms with Gasteiger partial charge in [-0.05, 0) is 103 Å². The Balaban J connectivity index is 1.37. The first-order chi connectivity index (χ1) is 14.5. The van der Waals surface area contributed by atoms with Crippen molar-refractivity contribution in [1.29, 1.82) is 0 Å². The molecule has 0 saturated heterocycles. The van der Waals surface area contributed by atoms with E-state index in [2.05, 4.69) is 41.5 Å². The maximum atomic E-state index is 13.5. The summed E-state index contributed by atoms with van der Waals surface area (Å²) >= 11 is 0. The number of ketones is 1. The number of aliphatic hydroxyl groups is 2. The predicted molar refractivity (Wildman–Crippen MR) is 123 cm³/mol. The van der Waals surface area contributed by atoms with Gasteiger partial charge in [0, 0.05) is 11.8 Å². The van der Waals surface area contributed by atoms with Gasteiger partial charge >= 0.3 is 0 Å². The van der Waals surface area contributed by atoms with Crippen LogP contribution in [0.1, 0.15) is 92.9 Å². The summed E-state index contributed by atoms with van der Waals surface area (Å²) in [5, 5.41) is 22.0. The van der Waals surface area contributed by atoms with Gasteiger partial charge in [0.2, 0.25) is 0 Å². The number of hydrogen-bond acceptors (Lipinski definition) is 3. The Morgan fingerprint density at radius 1 is 0.903 bits per heavy atom. The van der Waals surface area contributed by atoms with E-state index in [4.69, 9.17) is 0 Å². The van der Waals surface area contributed by atoms with Gasteiger partial charge in [-0.2, -0.15) is 0 Å². The molecule has 0 radical (unpaired) electrons. The summed E-state index contributed by atoms with van der Waals surface area (Å²) in [5.41, 5.74) is 0.524. The van der Waals surface area contributed by atoms with Crippen LogP contribution in [0.25, 0.3) is 0 Å². The van der Waals surface area contributed by atoms with E-state index >= 15 is 0 Å². The van der Waals surface area contributed by atoms with Gasteiger partial charge in [0.05, 0.1) is 12.2 Å². The number of aliphatic hydroxyl groups excluding tert-OH is 2. The molecule has 0 aliphatic heterocycles. The highest BCUT2D eigenvalue weighted by atomic mass is 16.3. The third-order valence-electron chi connectivity index (χ3n) is 12.5. The minimum Gasteiger partial charge on any atom is -0.390 e. The van der Waals surface area contributed by atoms with Crippen LogP contribution < -0.4 is 0 Å². The number of rotatable bonds is 5. The van der Waals surface area contributed by atoms with Gasteiger partial charge in [-0.25, -0.2) is 0 Å². The van der Waals surface area contributed by atoms with Crippen molar-refractivity contribution in [3.8, 4) is 0 Å². The van der Waals surface area contributed by atoms with Crippen molar-refractivity contribution < 1.29 is 15.0 Å². The molecule has 31 heavy (non-hydrogen) atoms. The minimum absolute atomic E-state index is 0.0699. The molecule has 0 aromatic carbocycles. The Morgan fingerprint density at radius 3 is 2.26 bits per heavy atom. The molecule has 5 saturated carbocycles. The quantitative estimate of drug-likeness (QED) is 0.608. The third kappa shape index (κ3) is 2.74. The average molecular weight is 431 g/mol. The van der Waals surface area contributed by atoms with Crippen LogP contribution in [0.3, 0.4) is 0 Å². The molecule has 12 atom stereocenters. The summed E-state index contributed by atoms with van der Waals surface area (Å²) in [4.78, 5) is 13.5. The van der Waals surface area contributed by atoms with Crippen LogP contribution >= 0.6 is 0 Å². The van der Waals surface area contributed by atoms with Crippen LogP contribution in [-0.2, 0) is 4.79 Å². The number of carbonyl (C=O) groups excluding carboxylic acids is 1. The smallest absolute Gasteiger partial charge is 0.140 e. The molecule has 0 heterocycles. The van der Waals surface area contributed by atoms with E-state index in [0.29, 0.717) is 35.4 Å². The molecule has 0 amide bonds. The molecule has 176 valence electrons. The fourth-order valence-electron chi connectivity index (χ4n) is 10.2. The molecule has 1 spiro atoms. The van der Waals surface area contributed by atoms with Gasteiger partial charge in [-0.3, -0.25) is 4.79 Å². The van der Waals surface area contributed by atoms with Gasteiger partial charge in [-0.15, -0.1) is 0 Å². The molecule has 3 nitrogen and oxygen atoms in total. The molecule has 0 aromatic heterocycles. The second-order valence-electron chi connectivity index (χ2n) is 13.5. The van der Waals surface area contributed by atoms with E-state index in [0.717, 1.165) is 18.8 Å². The maximum absolute atomic E-state index is 13.5. The topological polar surface area (TPSA) is 57.5 Å². The molecule has 0 bridgehead atoms. The Morgan fingerprint density at radius 2 is 1.61 bits per heavy atom. The second kappa shape index (κ2) is 7.05. The Bertz CT molecular complexity index is 747. The lowest BCUT2D eigenvalue weighted by Crippen LogP contribution is -2.55. The highest BCUT2D eigenvalue weighted by Gasteiger charge is 2.77. The van der Waals surface area contributed by atoms with E-state index in [1.165, 1.54) is 38.5 Å². The first-order valence-corrected chi connectivity index (χ1v) is 13.4. The Labute approximate surface area is 189 Å². The zero-order chi connectivity index (χ0) is 22.5. The zero-order valence-electron chi connectivity index (χ0n) is 20.7. The van der Waals surface area contributed by atoms with E-state index in [-0.39, 0.29) is 28.1 Å². The first-order valence-electron chi connectivity index (χ1n) is 13.4. The maximum Gasteiger partial charge on any atom is 0.140 e. The molecule has 5 aliphatic rings. The summed E-state index contributed by atoms with van der Waals surface area (Å²) in [6, 6.07) is 0. The third-order valence-corrected chi connectivity index (χ3v) is 12.5. The number of fused-ring (bicyclic) bond motifs is 4. The van der Waals surface area contributed by atoms with Crippen LogP contribution in [0.15, 0.2) is 0 Å².